The minimum absolute atomic E-state index is 0.0867. The summed E-state index contributed by atoms with van der Waals surface area (Å²) in [5.74, 6) is 5.98. The highest BCUT2D eigenvalue weighted by Gasteiger charge is 2.33. The van der Waals surface area contributed by atoms with Crippen molar-refractivity contribution in [3.05, 3.63) is 76.9 Å². The number of carbonyl (C=O) groups is 2. The lowest BCUT2D eigenvalue weighted by molar-refractivity contribution is 0.0105. The van der Waals surface area contributed by atoms with Gasteiger partial charge in [0.2, 0.25) is 0 Å². The predicted molar refractivity (Wildman–Crippen MR) is 169 cm³/mol. The quantitative estimate of drug-likeness (QED) is 0.322. The molecule has 0 spiro atoms. The normalized spacial score (nSPS) is 19.5. The molecule has 43 heavy (non-hydrogen) atoms. The fourth-order valence-corrected chi connectivity index (χ4v) is 5.55. The number of carbonyl (C=O) groups excluding carboxylic acids is 2. The number of hydrogen-bond acceptors (Lipinski definition) is 5. The zero-order valence-electron chi connectivity index (χ0n) is 25.6. The van der Waals surface area contributed by atoms with Crippen molar-refractivity contribution in [2.24, 2.45) is 5.92 Å². The molecule has 2 heterocycles. The molecule has 0 bridgehead atoms. The molecule has 3 atom stereocenters. The van der Waals surface area contributed by atoms with Gasteiger partial charge in [0.05, 0.1) is 18.0 Å². The van der Waals surface area contributed by atoms with Crippen LogP contribution in [-0.2, 0) is 4.74 Å². The van der Waals surface area contributed by atoms with Crippen LogP contribution in [0, 0.1) is 24.7 Å². The molecular weight excluding hydrogens is 543 g/mol. The molecule has 3 N–H and O–H groups in total. The number of aryl methyl sites for hydroxylation is 1. The SMILES string of the molecule is Cc1ccc(NC2CN(C(=O)OC(C)(C)C)C2)cc1C(=O)N[C@H](C)c1ccc(C#CC2CCNCC2F)c2ccccc12. The molecule has 0 saturated carbocycles. The van der Waals surface area contributed by atoms with E-state index in [1.54, 1.807) is 4.90 Å². The number of ether oxygens (including phenoxy) is 1. The second-order valence-corrected chi connectivity index (χ2v) is 12.6. The van der Waals surface area contributed by atoms with Crippen LogP contribution >= 0.6 is 0 Å². The van der Waals surface area contributed by atoms with Crippen LogP contribution in [0.25, 0.3) is 10.8 Å². The van der Waals surface area contributed by atoms with Gasteiger partial charge < -0.3 is 25.6 Å². The third-order valence-corrected chi connectivity index (χ3v) is 7.96. The van der Waals surface area contributed by atoms with Gasteiger partial charge in [0.15, 0.2) is 0 Å². The van der Waals surface area contributed by atoms with Gasteiger partial charge >= 0.3 is 6.09 Å². The monoisotopic (exact) mass is 584 g/mol. The first-order valence-corrected chi connectivity index (χ1v) is 15.0. The molecule has 8 heteroatoms. The molecule has 2 fully saturated rings. The number of benzene rings is 3. The summed E-state index contributed by atoms with van der Waals surface area (Å²) in [6.45, 7) is 11.7. The van der Waals surface area contributed by atoms with E-state index in [-0.39, 0.29) is 30.0 Å². The Morgan fingerprint density at radius 1 is 1.09 bits per heavy atom. The van der Waals surface area contributed by atoms with Gasteiger partial charge in [0.1, 0.15) is 11.8 Å². The second-order valence-electron chi connectivity index (χ2n) is 12.6. The number of halogens is 1. The van der Waals surface area contributed by atoms with E-state index in [4.69, 9.17) is 4.74 Å². The predicted octanol–water partition coefficient (Wildman–Crippen LogP) is 5.97. The molecule has 0 aliphatic carbocycles. The van der Waals surface area contributed by atoms with Gasteiger partial charge in [-0.05, 0) is 87.7 Å². The van der Waals surface area contributed by atoms with Crippen molar-refractivity contribution < 1.29 is 18.7 Å². The maximum Gasteiger partial charge on any atom is 0.410 e. The summed E-state index contributed by atoms with van der Waals surface area (Å²) in [5.41, 5.74) is 3.62. The molecule has 226 valence electrons. The van der Waals surface area contributed by atoms with Crippen molar-refractivity contribution in [3.63, 3.8) is 0 Å². The van der Waals surface area contributed by atoms with Gasteiger partial charge in [-0.15, -0.1) is 0 Å². The van der Waals surface area contributed by atoms with E-state index in [0.29, 0.717) is 31.6 Å². The van der Waals surface area contributed by atoms with E-state index in [1.165, 1.54) is 0 Å². The summed E-state index contributed by atoms with van der Waals surface area (Å²) in [6, 6.07) is 17.6. The van der Waals surface area contributed by atoms with Crippen molar-refractivity contribution in [2.45, 2.75) is 64.9 Å². The number of likely N-dealkylation sites (tertiary alicyclic amines) is 1. The minimum atomic E-state index is -0.958. The molecule has 7 nitrogen and oxygen atoms in total. The molecule has 2 aliphatic rings. The molecule has 3 aromatic rings. The Hall–Kier alpha value is -4.09. The zero-order chi connectivity index (χ0) is 30.7. The summed E-state index contributed by atoms with van der Waals surface area (Å²) in [5, 5.41) is 11.7. The Morgan fingerprint density at radius 2 is 1.84 bits per heavy atom. The molecule has 2 amide bonds. The summed E-state index contributed by atoms with van der Waals surface area (Å²) in [4.78, 5) is 27.4. The van der Waals surface area contributed by atoms with Crippen LogP contribution in [0.4, 0.5) is 14.9 Å². The number of nitrogens with one attached hydrogen (secondary N) is 3. The van der Waals surface area contributed by atoms with E-state index in [0.717, 1.165) is 39.7 Å². The van der Waals surface area contributed by atoms with Crippen molar-refractivity contribution in [1.29, 1.82) is 0 Å². The number of rotatable bonds is 5. The third kappa shape index (κ3) is 7.29. The highest BCUT2D eigenvalue weighted by atomic mass is 19.1. The van der Waals surface area contributed by atoms with Crippen LogP contribution in [0.15, 0.2) is 54.6 Å². The number of fused-ring (bicyclic) bond motifs is 1. The molecular formula is C35H41FN4O3. The maximum absolute atomic E-state index is 14.3. The molecule has 2 aliphatic heterocycles. The molecule has 5 rings (SSSR count). The lowest BCUT2D eigenvalue weighted by Crippen LogP contribution is -2.57. The van der Waals surface area contributed by atoms with Crippen molar-refractivity contribution in [1.82, 2.24) is 15.5 Å². The van der Waals surface area contributed by atoms with Crippen LogP contribution in [-0.4, -0.2) is 60.9 Å². The first-order valence-electron chi connectivity index (χ1n) is 15.0. The van der Waals surface area contributed by atoms with E-state index in [9.17, 15) is 14.0 Å². The number of anilines is 1. The van der Waals surface area contributed by atoms with E-state index in [2.05, 4.69) is 27.8 Å². The summed E-state index contributed by atoms with van der Waals surface area (Å²) in [6.07, 6.45) is -0.569. The van der Waals surface area contributed by atoms with Crippen LogP contribution in [0.5, 0.6) is 0 Å². The minimum Gasteiger partial charge on any atom is -0.444 e. The summed E-state index contributed by atoms with van der Waals surface area (Å²) >= 11 is 0. The zero-order valence-corrected chi connectivity index (χ0v) is 25.6. The van der Waals surface area contributed by atoms with Crippen LogP contribution < -0.4 is 16.0 Å². The third-order valence-electron chi connectivity index (χ3n) is 7.96. The fourth-order valence-electron chi connectivity index (χ4n) is 5.55. The highest BCUT2D eigenvalue weighted by molar-refractivity contribution is 5.97. The van der Waals surface area contributed by atoms with Crippen molar-refractivity contribution >= 4 is 28.5 Å². The first kappa shape index (κ1) is 30.4. The van der Waals surface area contributed by atoms with Crippen LogP contribution in [0.3, 0.4) is 0 Å². The average molecular weight is 585 g/mol. The van der Waals surface area contributed by atoms with E-state index < -0.39 is 11.8 Å². The Kier molecular flexibility index (Phi) is 8.93. The number of nitrogens with zero attached hydrogens (tertiary/aromatic N) is 1. The van der Waals surface area contributed by atoms with Crippen molar-refractivity contribution in [3.8, 4) is 11.8 Å². The standard InChI is InChI=1S/C35H41FN4O3/c1-22-10-14-26(39-27-20-40(21-27)34(42)43-35(3,4)5)18-31(22)33(41)38-23(2)28-15-13-24(29-8-6-7-9-30(28)29)11-12-25-16-17-37-19-32(25)36/h6-10,13-15,18,23,25,27,32,37,39H,16-17,19-21H2,1-5H3,(H,38,41)/t23-,25?,32?/m1/s1. The Balaban J connectivity index is 1.26. The molecule has 0 aromatic heterocycles. The van der Waals surface area contributed by atoms with E-state index >= 15 is 0 Å². The van der Waals surface area contributed by atoms with Crippen LogP contribution in [0.2, 0.25) is 0 Å². The number of hydrogen-bond donors (Lipinski definition) is 3. The lowest BCUT2D eigenvalue weighted by atomic mass is 9.93. The summed E-state index contributed by atoms with van der Waals surface area (Å²) < 4.78 is 19.7. The van der Waals surface area contributed by atoms with Crippen molar-refractivity contribution in [2.75, 3.05) is 31.5 Å². The largest absolute Gasteiger partial charge is 0.444 e. The molecule has 3 aromatic carbocycles. The maximum atomic E-state index is 14.3. The number of piperidine rings is 1. The molecule has 2 unspecified atom stereocenters. The molecule has 2 saturated heterocycles. The van der Waals surface area contributed by atoms with Gasteiger partial charge in [-0.2, -0.15) is 0 Å². The van der Waals surface area contributed by atoms with Gasteiger partial charge in [-0.1, -0.05) is 48.2 Å². The molecule has 0 radical (unpaired) electrons. The van der Waals surface area contributed by atoms with Gasteiger partial charge in [-0.25, -0.2) is 9.18 Å². The van der Waals surface area contributed by atoms with Gasteiger partial charge in [0, 0.05) is 36.4 Å². The Morgan fingerprint density at radius 3 is 2.56 bits per heavy atom. The topological polar surface area (TPSA) is 82.7 Å². The number of amides is 2. The average Bonchev–Trinajstić information content (AvgIpc) is 2.93. The van der Waals surface area contributed by atoms with Gasteiger partial charge in [-0.3, -0.25) is 4.79 Å². The fraction of sp³-hybridized carbons (Fsp3) is 0.429. The smallest absolute Gasteiger partial charge is 0.410 e. The van der Waals surface area contributed by atoms with Gasteiger partial charge in [0.25, 0.3) is 5.91 Å². The Bertz CT molecular complexity index is 1560. The van der Waals surface area contributed by atoms with Crippen LogP contribution in [0.1, 0.15) is 67.2 Å². The first-order chi connectivity index (χ1) is 20.5. The van der Waals surface area contributed by atoms with E-state index in [1.807, 2.05) is 89.2 Å². The lowest BCUT2D eigenvalue weighted by Gasteiger charge is -2.40. The Labute approximate surface area is 253 Å². The number of alkyl halides is 1. The highest BCUT2D eigenvalue weighted by Crippen LogP contribution is 2.28. The summed E-state index contributed by atoms with van der Waals surface area (Å²) in [7, 11) is 0. The second kappa shape index (κ2) is 12.6.